The molecule has 10 nitrogen and oxygen atoms in total. The summed E-state index contributed by atoms with van der Waals surface area (Å²) in [5.74, 6) is -1.89. The van der Waals surface area contributed by atoms with Gasteiger partial charge >= 0.3 is 17.9 Å². The van der Waals surface area contributed by atoms with Gasteiger partial charge in [-0.15, -0.1) is 0 Å². The van der Waals surface area contributed by atoms with Crippen LogP contribution in [0, 0.1) is 13.8 Å². The number of hydrogen-bond donors (Lipinski definition) is 4. The molecule has 0 amide bonds. The van der Waals surface area contributed by atoms with Crippen molar-refractivity contribution < 1.29 is 29.0 Å². The summed E-state index contributed by atoms with van der Waals surface area (Å²) in [4.78, 5) is 33.0. The van der Waals surface area contributed by atoms with Crippen LogP contribution in [0.5, 0.6) is 0 Å². The number of hydrogen-bond acceptors (Lipinski definition) is 8. The van der Waals surface area contributed by atoms with Gasteiger partial charge in [0.2, 0.25) is 0 Å². The van der Waals surface area contributed by atoms with Gasteiger partial charge in [0.15, 0.2) is 0 Å². The summed E-state index contributed by atoms with van der Waals surface area (Å²) < 4.78 is 9.17. The van der Waals surface area contributed by atoms with Crippen molar-refractivity contribution in [3.63, 3.8) is 0 Å². The predicted octanol–water partition coefficient (Wildman–Crippen LogP) is 5.95. The van der Waals surface area contributed by atoms with Crippen LogP contribution in [0.25, 0.3) is 10.9 Å². The number of nitrogen functional groups attached to an aromatic ring is 2. The largest absolute Gasteiger partial charge is 0.478 e. The summed E-state index contributed by atoms with van der Waals surface area (Å²) in [6.07, 6.45) is 1.57. The van der Waals surface area contributed by atoms with Crippen LogP contribution in [0.2, 0.25) is 15.1 Å². The molecule has 0 radical (unpaired) electrons. The number of anilines is 2. The maximum atomic E-state index is 11.3. The Hall–Kier alpha value is -3.99. The Morgan fingerprint density at radius 1 is 0.769 bits per heavy atom. The number of esters is 2. The molecule has 0 saturated heterocycles. The van der Waals surface area contributed by atoms with E-state index < -0.39 is 17.9 Å². The maximum absolute atomic E-state index is 11.3. The Kier molecular flexibility index (Phi) is 11.0. The zero-order valence-corrected chi connectivity index (χ0v) is 23.5. The fourth-order valence-corrected chi connectivity index (χ4v) is 3.70. The molecule has 39 heavy (non-hydrogen) atoms. The Bertz CT molecular complexity index is 1540. The lowest BCUT2D eigenvalue weighted by Crippen LogP contribution is -2.06. The number of halogens is 3. The van der Waals surface area contributed by atoms with Crippen LogP contribution < -0.4 is 11.5 Å². The van der Waals surface area contributed by atoms with Gasteiger partial charge in [-0.25, -0.2) is 14.4 Å². The molecular weight excluding hydrogens is 571 g/mol. The molecule has 0 bridgehead atoms. The number of carbonyl (C=O) groups excluding carboxylic acids is 2. The number of rotatable bonds is 3. The number of nitrogens with zero attached hydrogens (tertiary/aromatic N) is 1. The van der Waals surface area contributed by atoms with Gasteiger partial charge in [-0.1, -0.05) is 34.8 Å². The molecule has 1 heterocycles. The summed E-state index contributed by atoms with van der Waals surface area (Å²) in [6, 6.07) is 9.35. The van der Waals surface area contributed by atoms with Gasteiger partial charge in [0.25, 0.3) is 0 Å². The SMILES string of the molecule is COC(=O)c1ccc(Cl)c(C)c1N.COC(=O)c1ccc(Cl)c2cn[nH]c12.Cc1c(Cl)ccc(C(=O)O)c1N. The van der Waals surface area contributed by atoms with Crippen LogP contribution in [0.3, 0.4) is 0 Å². The third-order valence-corrected chi connectivity index (χ3v) is 6.65. The van der Waals surface area contributed by atoms with E-state index in [1.807, 2.05) is 0 Å². The third kappa shape index (κ3) is 7.32. The second kappa shape index (κ2) is 13.7. The first-order chi connectivity index (χ1) is 18.3. The maximum Gasteiger partial charge on any atom is 0.340 e. The molecule has 206 valence electrons. The molecule has 0 saturated carbocycles. The Morgan fingerprint density at radius 3 is 1.72 bits per heavy atom. The van der Waals surface area contributed by atoms with Gasteiger partial charge in [0.05, 0.1) is 59.0 Å². The Labute approximate surface area is 238 Å². The number of aromatic amines is 1. The molecule has 13 heteroatoms. The topological polar surface area (TPSA) is 171 Å². The number of aromatic carboxylic acids is 1. The summed E-state index contributed by atoms with van der Waals surface area (Å²) in [6.45, 7) is 3.44. The third-order valence-electron chi connectivity index (χ3n) is 5.50. The monoisotopic (exact) mass is 594 g/mol. The van der Waals surface area contributed by atoms with Gasteiger partial charge in [-0.05, 0) is 61.4 Å². The first-order valence-corrected chi connectivity index (χ1v) is 12.1. The normalized spacial score (nSPS) is 10.0. The van der Waals surface area contributed by atoms with E-state index in [0.29, 0.717) is 48.5 Å². The highest BCUT2D eigenvalue weighted by Gasteiger charge is 2.14. The Balaban J connectivity index is 0.000000206. The van der Waals surface area contributed by atoms with Crippen molar-refractivity contribution in [1.29, 1.82) is 0 Å². The highest BCUT2D eigenvalue weighted by molar-refractivity contribution is 6.36. The first kappa shape index (κ1) is 31.2. The van der Waals surface area contributed by atoms with Crippen molar-refractivity contribution in [2.24, 2.45) is 0 Å². The van der Waals surface area contributed by atoms with E-state index in [1.165, 1.54) is 26.4 Å². The van der Waals surface area contributed by atoms with Crippen molar-refractivity contribution in [3.05, 3.63) is 85.5 Å². The van der Waals surface area contributed by atoms with Crippen LogP contribution in [0.15, 0.2) is 42.6 Å². The second-order valence-electron chi connectivity index (χ2n) is 7.81. The molecule has 0 fully saturated rings. The molecule has 3 aromatic carbocycles. The number of carboxylic acids is 1. The molecule has 1 aromatic heterocycles. The van der Waals surface area contributed by atoms with Crippen molar-refractivity contribution in [2.45, 2.75) is 13.8 Å². The molecule has 0 atom stereocenters. The zero-order valence-electron chi connectivity index (χ0n) is 21.3. The minimum absolute atomic E-state index is 0.0944. The summed E-state index contributed by atoms with van der Waals surface area (Å²) in [5.41, 5.74) is 14.6. The van der Waals surface area contributed by atoms with Gasteiger partial charge in [-0.3, -0.25) is 5.10 Å². The van der Waals surface area contributed by atoms with Crippen LogP contribution in [-0.4, -0.2) is 47.4 Å². The van der Waals surface area contributed by atoms with Crippen LogP contribution in [0.1, 0.15) is 42.2 Å². The average Bonchev–Trinajstić information content (AvgIpc) is 3.41. The Morgan fingerprint density at radius 2 is 1.21 bits per heavy atom. The van der Waals surface area contributed by atoms with Gasteiger partial charge in [0, 0.05) is 15.4 Å². The summed E-state index contributed by atoms with van der Waals surface area (Å²) >= 11 is 17.4. The number of fused-ring (bicyclic) bond motifs is 1. The minimum atomic E-state index is -1.03. The van der Waals surface area contributed by atoms with Crippen molar-refractivity contribution in [2.75, 3.05) is 25.7 Å². The molecule has 0 spiro atoms. The fourth-order valence-electron chi connectivity index (χ4n) is 3.16. The van der Waals surface area contributed by atoms with E-state index in [4.69, 9.17) is 51.4 Å². The molecular formula is C26H25Cl3N4O6. The molecule has 0 aliphatic carbocycles. The first-order valence-electron chi connectivity index (χ1n) is 11.0. The molecule has 6 N–H and O–H groups in total. The number of ether oxygens (including phenoxy) is 2. The highest BCUT2D eigenvalue weighted by Crippen LogP contribution is 2.26. The van der Waals surface area contributed by atoms with Crippen LogP contribution >= 0.6 is 34.8 Å². The number of carbonyl (C=O) groups is 3. The van der Waals surface area contributed by atoms with E-state index in [2.05, 4.69) is 19.7 Å². The summed E-state index contributed by atoms with van der Waals surface area (Å²) in [5, 5.41) is 17.5. The second-order valence-corrected chi connectivity index (χ2v) is 9.03. The van der Waals surface area contributed by atoms with E-state index in [9.17, 15) is 14.4 Å². The highest BCUT2D eigenvalue weighted by atomic mass is 35.5. The van der Waals surface area contributed by atoms with Crippen molar-refractivity contribution >= 4 is 75.0 Å². The number of H-pyrrole nitrogens is 1. The number of methoxy groups -OCH3 is 2. The van der Waals surface area contributed by atoms with E-state index in [1.54, 1.807) is 44.3 Å². The van der Waals surface area contributed by atoms with Crippen LogP contribution in [-0.2, 0) is 9.47 Å². The molecule has 0 unspecified atom stereocenters. The lowest BCUT2D eigenvalue weighted by molar-refractivity contribution is 0.0593. The van der Waals surface area contributed by atoms with Crippen molar-refractivity contribution in [3.8, 4) is 0 Å². The van der Waals surface area contributed by atoms with E-state index >= 15 is 0 Å². The molecule has 0 aliphatic rings. The number of nitrogens with one attached hydrogen (secondary N) is 1. The van der Waals surface area contributed by atoms with Crippen LogP contribution in [0.4, 0.5) is 11.4 Å². The quantitative estimate of drug-likeness (QED) is 0.165. The predicted molar refractivity (Wildman–Crippen MR) is 152 cm³/mol. The number of carboxylic acid groups (broad SMARTS) is 1. The summed E-state index contributed by atoms with van der Waals surface area (Å²) in [7, 11) is 2.64. The standard InChI is InChI=1S/C9H7ClN2O2.C9H10ClNO2.C8H8ClNO2/c1-14-9(13)5-2-3-7(10)6-4-11-12-8(5)6;1-5-7(10)4-3-6(8(5)11)9(12)13-2;1-4-6(9)3-2-5(7(4)10)8(11)12/h2-4H,1H3,(H,11,12);3-4H,11H2,1-2H3;2-3H,10H2,1H3,(H,11,12). The van der Waals surface area contributed by atoms with E-state index in [0.717, 1.165) is 5.39 Å². The molecule has 0 aliphatic heterocycles. The number of nitrogens with two attached hydrogens (primary N) is 2. The lowest BCUT2D eigenvalue weighted by Gasteiger charge is -2.07. The van der Waals surface area contributed by atoms with Gasteiger partial charge in [0.1, 0.15) is 0 Å². The lowest BCUT2D eigenvalue weighted by atomic mass is 10.1. The average molecular weight is 596 g/mol. The number of aromatic nitrogens is 2. The van der Waals surface area contributed by atoms with E-state index in [-0.39, 0.29) is 11.3 Å². The zero-order chi connectivity index (χ0) is 29.4. The minimum Gasteiger partial charge on any atom is -0.478 e. The fraction of sp³-hybridized carbons (Fsp3) is 0.154. The van der Waals surface area contributed by atoms with Gasteiger partial charge < -0.3 is 26.0 Å². The smallest absolute Gasteiger partial charge is 0.340 e. The van der Waals surface area contributed by atoms with Gasteiger partial charge in [-0.2, -0.15) is 5.10 Å². The van der Waals surface area contributed by atoms with Crippen molar-refractivity contribution in [1.82, 2.24) is 10.2 Å². The molecule has 4 aromatic rings. The molecule has 4 rings (SSSR count). The number of benzene rings is 3.